The molecule has 0 saturated heterocycles. The third-order valence-corrected chi connectivity index (χ3v) is 2.75. The maximum absolute atomic E-state index is 11.1. The molecule has 0 radical (unpaired) electrons. The van der Waals surface area contributed by atoms with Crippen molar-refractivity contribution in [2.24, 2.45) is 0 Å². The molecule has 2 rings (SSSR count). The Hall–Kier alpha value is -3.33. The molecule has 0 aliphatic rings. The lowest BCUT2D eigenvalue weighted by molar-refractivity contribution is -0.383. The van der Waals surface area contributed by atoms with Gasteiger partial charge in [0.25, 0.3) is 5.69 Å². The van der Waals surface area contributed by atoms with Gasteiger partial charge in [0.1, 0.15) is 5.69 Å². The van der Waals surface area contributed by atoms with E-state index in [0.29, 0.717) is 11.3 Å². The van der Waals surface area contributed by atoms with Gasteiger partial charge in [0.2, 0.25) is 0 Å². The lowest BCUT2D eigenvalue weighted by atomic mass is 10.1. The molecule has 0 unspecified atom stereocenters. The van der Waals surface area contributed by atoms with Gasteiger partial charge in [0.15, 0.2) is 0 Å². The van der Waals surface area contributed by atoms with Crippen molar-refractivity contribution in [1.29, 1.82) is 0 Å². The first-order chi connectivity index (χ1) is 10.0. The predicted molar refractivity (Wildman–Crippen MR) is 77.7 cm³/mol. The Morgan fingerprint density at radius 1 is 1.29 bits per heavy atom. The fourth-order valence-corrected chi connectivity index (χ4v) is 1.76. The Kier molecular flexibility index (Phi) is 3.86. The van der Waals surface area contributed by atoms with Crippen molar-refractivity contribution < 1.29 is 14.8 Å². The van der Waals surface area contributed by atoms with E-state index in [-0.39, 0.29) is 16.9 Å². The van der Waals surface area contributed by atoms with Crippen molar-refractivity contribution >= 4 is 23.0 Å². The molecule has 6 heteroatoms. The molecule has 2 aromatic rings. The zero-order valence-electron chi connectivity index (χ0n) is 10.7. The Morgan fingerprint density at radius 2 is 2.05 bits per heavy atom. The molecule has 0 amide bonds. The summed E-state index contributed by atoms with van der Waals surface area (Å²) in [6, 6.07) is 10.5. The minimum absolute atomic E-state index is 0.148. The highest BCUT2D eigenvalue weighted by Gasteiger charge is 2.17. The molecule has 104 valence electrons. The maximum atomic E-state index is 11.1. The van der Waals surface area contributed by atoms with E-state index in [4.69, 9.17) is 11.5 Å². The number of terminal acetylenes is 1. The van der Waals surface area contributed by atoms with Crippen molar-refractivity contribution in [1.82, 2.24) is 0 Å². The van der Waals surface area contributed by atoms with E-state index in [0.717, 1.165) is 6.07 Å². The molecule has 21 heavy (non-hydrogen) atoms. The fraction of sp³-hybridized carbons (Fsp3) is 0. The van der Waals surface area contributed by atoms with Crippen LogP contribution in [0.1, 0.15) is 15.9 Å². The number of rotatable bonds is 4. The first kappa shape index (κ1) is 14.1. The van der Waals surface area contributed by atoms with Crippen LogP contribution in [0.3, 0.4) is 0 Å². The van der Waals surface area contributed by atoms with Crippen LogP contribution in [0.2, 0.25) is 0 Å². The van der Waals surface area contributed by atoms with Crippen LogP contribution in [0.15, 0.2) is 42.5 Å². The second-order valence-electron chi connectivity index (χ2n) is 4.14. The first-order valence-corrected chi connectivity index (χ1v) is 5.86. The van der Waals surface area contributed by atoms with E-state index in [1.165, 1.54) is 12.1 Å². The molecule has 2 N–H and O–H groups in total. The Balaban J connectivity index is 2.41. The highest BCUT2D eigenvalue weighted by Crippen LogP contribution is 2.29. The normalized spacial score (nSPS) is 9.67. The van der Waals surface area contributed by atoms with Gasteiger partial charge < -0.3 is 10.4 Å². The van der Waals surface area contributed by atoms with Gasteiger partial charge in [-0.15, -0.1) is 6.42 Å². The van der Waals surface area contributed by atoms with Crippen LogP contribution in [-0.4, -0.2) is 16.0 Å². The van der Waals surface area contributed by atoms with Crippen molar-refractivity contribution in [3.63, 3.8) is 0 Å². The van der Waals surface area contributed by atoms with Gasteiger partial charge in [-0.1, -0.05) is 12.0 Å². The van der Waals surface area contributed by atoms with Gasteiger partial charge in [-0.2, -0.15) is 0 Å². The second-order valence-corrected chi connectivity index (χ2v) is 4.14. The molecule has 0 aromatic heterocycles. The van der Waals surface area contributed by atoms with Gasteiger partial charge in [0.05, 0.1) is 10.5 Å². The zero-order chi connectivity index (χ0) is 15.4. The fourth-order valence-electron chi connectivity index (χ4n) is 1.76. The number of nitro benzene ring substituents is 1. The van der Waals surface area contributed by atoms with Crippen LogP contribution in [0.5, 0.6) is 0 Å². The molecule has 6 nitrogen and oxygen atoms in total. The van der Waals surface area contributed by atoms with E-state index in [9.17, 15) is 14.9 Å². The Labute approximate surface area is 120 Å². The number of carboxylic acids is 1. The quantitative estimate of drug-likeness (QED) is 0.511. The van der Waals surface area contributed by atoms with Crippen molar-refractivity contribution in [2.75, 3.05) is 5.32 Å². The summed E-state index contributed by atoms with van der Waals surface area (Å²) in [6.07, 6.45) is 5.29. The highest BCUT2D eigenvalue weighted by molar-refractivity contribution is 5.90. The molecule has 0 spiro atoms. The van der Waals surface area contributed by atoms with E-state index in [1.54, 1.807) is 24.3 Å². The average molecular weight is 282 g/mol. The average Bonchev–Trinajstić information content (AvgIpc) is 2.47. The number of nitro groups is 1. The molecular formula is C15H10N2O4. The summed E-state index contributed by atoms with van der Waals surface area (Å²) in [5.41, 5.74) is 0.936. The summed E-state index contributed by atoms with van der Waals surface area (Å²) in [5, 5.41) is 22.8. The third-order valence-electron chi connectivity index (χ3n) is 2.75. The van der Waals surface area contributed by atoms with Crippen molar-refractivity contribution in [3.05, 3.63) is 63.7 Å². The molecule has 0 bridgehead atoms. The standard InChI is InChI=1S/C15H10N2O4/c1-2-10-4-3-5-12(8-10)16-13-7-6-11(15(18)19)9-14(13)17(20)21/h1,3-9,16H,(H,18,19). The molecule has 0 saturated carbocycles. The number of nitrogens with zero attached hydrogens (tertiary/aromatic N) is 1. The molecule has 2 aromatic carbocycles. The molecule has 0 aliphatic carbocycles. The van der Waals surface area contributed by atoms with Crippen LogP contribution in [-0.2, 0) is 0 Å². The number of carboxylic acid groups (broad SMARTS) is 1. The topological polar surface area (TPSA) is 92.5 Å². The molecule has 0 fully saturated rings. The second kappa shape index (κ2) is 5.75. The van der Waals surface area contributed by atoms with E-state index < -0.39 is 10.9 Å². The van der Waals surface area contributed by atoms with Crippen LogP contribution < -0.4 is 5.32 Å². The van der Waals surface area contributed by atoms with Gasteiger partial charge in [-0.25, -0.2) is 4.79 Å². The summed E-state index contributed by atoms with van der Waals surface area (Å²) in [6.45, 7) is 0. The van der Waals surface area contributed by atoms with E-state index in [2.05, 4.69) is 11.2 Å². The molecular weight excluding hydrogens is 272 g/mol. The number of nitrogens with one attached hydrogen (secondary N) is 1. The number of hydrogen-bond donors (Lipinski definition) is 2. The minimum Gasteiger partial charge on any atom is -0.478 e. The number of aromatic carboxylic acids is 1. The molecule has 0 heterocycles. The summed E-state index contributed by atoms with van der Waals surface area (Å²) >= 11 is 0. The summed E-state index contributed by atoms with van der Waals surface area (Å²) in [5.74, 6) is 1.24. The zero-order valence-corrected chi connectivity index (χ0v) is 10.7. The molecule has 0 atom stereocenters. The SMILES string of the molecule is C#Cc1cccc(Nc2ccc(C(=O)O)cc2[N+](=O)[O-])c1. The van der Waals surface area contributed by atoms with Gasteiger partial charge >= 0.3 is 5.97 Å². The summed E-state index contributed by atoms with van der Waals surface area (Å²) < 4.78 is 0. The lowest BCUT2D eigenvalue weighted by Crippen LogP contribution is -2.01. The van der Waals surface area contributed by atoms with E-state index >= 15 is 0 Å². The monoisotopic (exact) mass is 282 g/mol. The van der Waals surface area contributed by atoms with Crippen LogP contribution in [0.4, 0.5) is 17.1 Å². The Bertz CT molecular complexity index is 763. The third kappa shape index (κ3) is 3.16. The van der Waals surface area contributed by atoms with Gasteiger partial charge in [0, 0.05) is 17.3 Å². The van der Waals surface area contributed by atoms with Crippen molar-refractivity contribution in [3.8, 4) is 12.3 Å². The van der Waals surface area contributed by atoms with Crippen LogP contribution in [0, 0.1) is 22.5 Å². The number of anilines is 2. The maximum Gasteiger partial charge on any atom is 0.335 e. The van der Waals surface area contributed by atoms with Crippen LogP contribution >= 0.6 is 0 Å². The van der Waals surface area contributed by atoms with E-state index in [1.807, 2.05) is 0 Å². The lowest BCUT2D eigenvalue weighted by Gasteiger charge is -2.08. The molecule has 0 aliphatic heterocycles. The predicted octanol–water partition coefficient (Wildman–Crippen LogP) is 3.02. The van der Waals surface area contributed by atoms with Crippen LogP contribution in [0.25, 0.3) is 0 Å². The highest BCUT2D eigenvalue weighted by atomic mass is 16.6. The van der Waals surface area contributed by atoms with Gasteiger partial charge in [-0.3, -0.25) is 10.1 Å². The first-order valence-electron chi connectivity index (χ1n) is 5.86. The number of carbonyl (C=O) groups is 1. The largest absolute Gasteiger partial charge is 0.478 e. The number of hydrogen-bond acceptors (Lipinski definition) is 4. The van der Waals surface area contributed by atoms with Gasteiger partial charge in [-0.05, 0) is 30.3 Å². The smallest absolute Gasteiger partial charge is 0.335 e. The number of benzene rings is 2. The summed E-state index contributed by atoms with van der Waals surface area (Å²) in [4.78, 5) is 21.3. The summed E-state index contributed by atoms with van der Waals surface area (Å²) in [7, 11) is 0. The Morgan fingerprint density at radius 3 is 2.67 bits per heavy atom. The minimum atomic E-state index is -1.22. The van der Waals surface area contributed by atoms with Crippen molar-refractivity contribution in [2.45, 2.75) is 0 Å².